The molecule has 144 valence electrons. The second kappa shape index (κ2) is 7.78. The number of carbonyl (C=O) groups is 2. The van der Waals surface area contributed by atoms with E-state index >= 15 is 0 Å². The van der Waals surface area contributed by atoms with E-state index in [1.807, 2.05) is 0 Å². The highest BCUT2D eigenvalue weighted by Crippen LogP contribution is 2.19. The molecule has 10 heteroatoms. The molecular formula is C16H26N5O5+. The van der Waals surface area contributed by atoms with Gasteiger partial charge in [0, 0.05) is 40.8 Å². The molecule has 2 atom stereocenters. The van der Waals surface area contributed by atoms with Crippen LogP contribution in [0, 0.1) is 0 Å². The third-order valence-corrected chi connectivity index (χ3v) is 4.87. The fourth-order valence-electron chi connectivity index (χ4n) is 3.47. The van der Waals surface area contributed by atoms with Gasteiger partial charge in [-0.1, -0.05) is 0 Å². The number of carbonyl (C=O) groups excluding carboxylic acids is 2. The number of fused-ring (bicyclic) bond motifs is 1. The molecular weight excluding hydrogens is 342 g/mol. The molecule has 1 N–H and O–H groups in total. The van der Waals surface area contributed by atoms with Gasteiger partial charge in [0.25, 0.3) is 17.8 Å². The number of nitrogens with zero attached hydrogens (tertiary/aromatic N) is 5. The van der Waals surface area contributed by atoms with Gasteiger partial charge in [0.15, 0.2) is 6.61 Å². The van der Waals surface area contributed by atoms with Crippen molar-refractivity contribution in [3.8, 4) is 0 Å². The number of ether oxygens (including phenoxy) is 2. The zero-order valence-electron chi connectivity index (χ0n) is 15.4. The van der Waals surface area contributed by atoms with Crippen LogP contribution in [0.1, 0.15) is 0 Å². The van der Waals surface area contributed by atoms with Gasteiger partial charge in [0.05, 0.1) is 13.2 Å². The lowest BCUT2D eigenvalue weighted by Crippen LogP contribution is -2.62. The largest absolute Gasteiger partial charge is 0.388 e. The Morgan fingerprint density at radius 3 is 2.65 bits per heavy atom. The number of methoxy groups -OCH3 is 1. The summed E-state index contributed by atoms with van der Waals surface area (Å²) in [4.78, 5) is 33.9. The van der Waals surface area contributed by atoms with Crippen LogP contribution >= 0.6 is 0 Å². The zero-order chi connectivity index (χ0) is 18.8. The molecule has 0 aromatic rings. The number of morpholine rings is 1. The Bertz CT molecular complexity index is 643. The average molecular weight is 368 g/mol. The Morgan fingerprint density at radius 2 is 2.00 bits per heavy atom. The number of imide groups is 1. The third-order valence-electron chi connectivity index (χ3n) is 4.87. The van der Waals surface area contributed by atoms with E-state index in [1.54, 1.807) is 18.7 Å². The van der Waals surface area contributed by atoms with Gasteiger partial charge in [0.1, 0.15) is 12.6 Å². The highest BCUT2D eigenvalue weighted by molar-refractivity contribution is 6.22. The van der Waals surface area contributed by atoms with Crippen molar-refractivity contribution in [2.75, 3.05) is 67.2 Å². The summed E-state index contributed by atoms with van der Waals surface area (Å²) in [6, 6.07) is -1.13. The number of β-amino-alcohol motifs (C(OH)–C–C–N with tert-alkyl or cyclic N) is 1. The molecule has 2 fully saturated rings. The van der Waals surface area contributed by atoms with Crippen LogP contribution in [0.5, 0.6) is 0 Å². The molecule has 0 spiro atoms. The number of rotatable bonds is 6. The second-order valence-electron chi connectivity index (χ2n) is 6.68. The molecule has 10 nitrogen and oxygen atoms in total. The van der Waals surface area contributed by atoms with Gasteiger partial charge in [-0.2, -0.15) is 0 Å². The maximum atomic E-state index is 12.7. The first kappa shape index (κ1) is 18.9. The van der Waals surface area contributed by atoms with Crippen LogP contribution in [0.3, 0.4) is 0 Å². The Kier molecular flexibility index (Phi) is 5.66. The van der Waals surface area contributed by atoms with Gasteiger partial charge in [-0.05, 0) is 4.99 Å². The lowest BCUT2D eigenvalue weighted by Gasteiger charge is -2.32. The Morgan fingerprint density at radius 1 is 1.31 bits per heavy atom. The first-order valence-electron chi connectivity index (χ1n) is 8.67. The lowest BCUT2D eigenvalue weighted by molar-refractivity contribution is -0.545. The normalized spacial score (nSPS) is 25.7. The van der Waals surface area contributed by atoms with Crippen LogP contribution < -0.4 is 0 Å². The number of aliphatic imine (C=N–C) groups is 1. The number of hydrogen-bond acceptors (Lipinski definition) is 7. The summed E-state index contributed by atoms with van der Waals surface area (Å²) in [6.07, 6.45) is -0.671. The van der Waals surface area contributed by atoms with E-state index in [9.17, 15) is 14.7 Å². The molecule has 0 radical (unpaired) electrons. The number of hydrogen-bond donors (Lipinski definition) is 1. The monoisotopic (exact) mass is 368 g/mol. The molecule has 3 aliphatic rings. The van der Waals surface area contributed by atoms with E-state index < -0.39 is 18.2 Å². The van der Waals surface area contributed by atoms with E-state index in [0.29, 0.717) is 31.4 Å². The number of urea groups is 1. The fraction of sp³-hybridized carbons (Fsp3) is 0.750. The second-order valence-corrected chi connectivity index (χ2v) is 6.68. The summed E-state index contributed by atoms with van der Waals surface area (Å²) >= 11 is 0. The molecule has 2 saturated heterocycles. The van der Waals surface area contributed by atoms with Crippen LogP contribution in [0.4, 0.5) is 4.79 Å². The van der Waals surface area contributed by atoms with E-state index in [1.165, 1.54) is 11.9 Å². The topological polar surface area (TPSA) is 97.9 Å². The van der Waals surface area contributed by atoms with Gasteiger partial charge < -0.3 is 14.6 Å². The molecule has 3 amide bonds. The van der Waals surface area contributed by atoms with Crippen molar-refractivity contribution in [3.63, 3.8) is 0 Å². The van der Waals surface area contributed by atoms with Crippen LogP contribution in [0.25, 0.3) is 0 Å². The summed E-state index contributed by atoms with van der Waals surface area (Å²) in [5.41, 5.74) is 0. The van der Waals surface area contributed by atoms with E-state index in [-0.39, 0.29) is 19.1 Å². The van der Waals surface area contributed by atoms with Crippen molar-refractivity contribution in [1.29, 1.82) is 0 Å². The number of likely N-dealkylation sites (N-methyl/N-ethyl adjacent to an activating group) is 2. The van der Waals surface area contributed by atoms with Crippen molar-refractivity contribution in [2.24, 2.45) is 4.99 Å². The number of aliphatic hydroxyl groups is 1. The maximum Gasteiger partial charge on any atom is 0.333 e. The highest BCUT2D eigenvalue weighted by Gasteiger charge is 2.53. The minimum atomic E-state index is -0.716. The van der Waals surface area contributed by atoms with Gasteiger partial charge in [-0.15, -0.1) is 0 Å². The van der Waals surface area contributed by atoms with Gasteiger partial charge >= 0.3 is 11.9 Å². The first-order chi connectivity index (χ1) is 12.4. The fourth-order valence-corrected chi connectivity index (χ4v) is 3.47. The summed E-state index contributed by atoms with van der Waals surface area (Å²) in [5.74, 6) is 0.567. The minimum Gasteiger partial charge on any atom is -0.388 e. The molecule has 3 rings (SSSR count). The Labute approximate surface area is 152 Å². The Balaban J connectivity index is 1.78. The standard InChI is InChI=1S/C16H26N5O5/c1-18-14-13(15(23)19(2)16(18)24)21(12(17-14)10-25-3)9-11(22)8-20-4-6-26-7-5-20/h11,13,22H,4-10H2,1-3H3/q+1. The number of amides is 3. The highest BCUT2D eigenvalue weighted by atomic mass is 16.5. The summed E-state index contributed by atoms with van der Waals surface area (Å²) in [5, 5.41) is 10.6. The van der Waals surface area contributed by atoms with Crippen LogP contribution in [-0.4, -0.2) is 127 Å². The van der Waals surface area contributed by atoms with Crippen LogP contribution in [-0.2, 0) is 14.3 Å². The molecule has 26 heavy (non-hydrogen) atoms. The van der Waals surface area contributed by atoms with Crippen molar-refractivity contribution in [1.82, 2.24) is 14.7 Å². The Hall–Kier alpha value is -1.88. The third kappa shape index (κ3) is 3.50. The van der Waals surface area contributed by atoms with Gasteiger partial charge in [-0.3, -0.25) is 19.5 Å². The zero-order valence-corrected chi connectivity index (χ0v) is 15.4. The van der Waals surface area contributed by atoms with Gasteiger partial charge in [-0.25, -0.2) is 9.37 Å². The SMILES string of the molecule is COCC1=[N+](CC(O)CN2CCOCC2)C2C(=O)N(C)C(=O)N(C)C2=N1. The molecule has 3 aliphatic heterocycles. The molecule has 0 aromatic heterocycles. The van der Waals surface area contributed by atoms with Crippen molar-refractivity contribution >= 4 is 23.6 Å². The van der Waals surface area contributed by atoms with Crippen molar-refractivity contribution < 1.29 is 28.7 Å². The van der Waals surface area contributed by atoms with Crippen molar-refractivity contribution in [2.45, 2.75) is 12.1 Å². The molecule has 0 saturated carbocycles. The van der Waals surface area contributed by atoms with E-state index in [0.717, 1.165) is 18.0 Å². The summed E-state index contributed by atoms with van der Waals surface area (Å²) < 4.78 is 12.3. The van der Waals surface area contributed by atoms with Crippen LogP contribution in [0.15, 0.2) is 4.99 Å². The smallest absolute Gasteiger partial charge is 0.333 e. The molecule has 0 aromatic carbocycles. The van der Waals surface area contributed by atoms with E-state index in [4.69, 9.17) is 9.47 Å². The first-order valence-corrected chi connectivity index (χ1v) is 8.67. The predicted octanol–water partition coefficient (Wildman–Crippen LogP) is -1.96. The average Bonchev–Trinajstić information content (AvgIpc) is 2.97. The molecule has 2 unspecified atom stereocenters. The molecule has 0 bridgehead atoms. The number of aliphatic hydroxyl groups excluding tert-OH is 1. The van der Waals surface area contributed by atoms with Gasteiger partial charge in [0.2, 0.25) is 0 Å². The summed E-state index contributed by atoms with van der Waals surface area (Å²) in [7, 11) is 4.59. The molecule has 3 heterocycles. The predicted molar refractivity (Wildman–Crippen MR) is 92.4 cm³/mol. The van der Waals surface area contributed by atoms with Crippen molar-refractivity contribution in [3.05, 3.63) is 0 Å². The maximum absolute atomic E-state index is 12.7. The van der Waals surface area contributed by atoms with E-state index in [2.05, 4.69) is 9.89 Å². The van der Waals surface area contributed by atoms with Crippen LogP contribution in [0.2, 0.25) is 0 Å². The number of amidine groups is 2. The lowest BCUT2D eigenvalue weighted by atomic mass is 10.1. The minimum absolute atomic E-state index is 0.198. The quantitative estimate of drug-likeness (QED) is 0.547. The summed E-state index contributed by atoms with van der Waals surface area (Å²) in [6.45, 7) is 3.78. The molecule has 0 aliphatic carbocycles.